The van der Waals surface area contributed by atoms with Crippen LogP contribution in [0.25, 0.3) is 10.9 Å². The Kier molecular flexibility index (Phi) is 2.84. The number of H-pyrrole nitrogens is 1. The van der Waals surface area contributed by atoms with Crippen molar-refractivity contribution in [3.05, 3.63) is 70.6 Å². The maximum Gasteiger partial charge on any atom is 0.195 e. The number of aromatic nitrogens is 1. The van der Waals surface area contributed by atoms with Crippen molar-refractivity contribution < 1.29 is 9.18 Å². The van der Waals surface area contributed by atoms with E-state index in [-0.39, 0.29) is 11.6 Å². The van der Waals surface area contributed by atoms with Crippen LogP contribution in [-0.4, -0.2) is 10.8 Å². The van der Waals surface area contributed by atoms with E-state index in [0.29, 0.717) is 27.1 Å². The normalized spacial score (nSPS) is 10.8. The van der Waals surface area contributed by atoms with Gasteiger partial charge in [-0.1, -0.05) is 11.6 Å². The molecule has 0 amide bonds. The monoisotopic (exact) mass is 273 g/mol. The third-order valence-corrected chi connectivity index (χ3v) is 3.25. The van der Waals surface area contributed by atoms with Crippen LogP contribution in [0.3, 0.4) is 0 Å². The van der Waals surface area contributed by atoms with Crippen LogP contribution in [0.15, 0.2) is 48.7 Å². The van der Waals surface area contributed by atoms with E-state index in [4.69, 9.17) is 11.6 Å². The van der Waals surface area contributed by atoms with Gasteiger partial charge >= 0.3 is 0 Å². The molecule has 0 bridgehead atoms. The minimum atomic E-state index is -0.333. The molecule has 3 rings (SSSR count). The largest absolute Gasteiger partial charge is 0.360 e. The van der Waals surface area contributed by atoms with Gasteiger partial charge in [0.05, 0.1) is 0 Å². The Labute approximate surface area is 113 Å². The predicted octanol–water partition coefficient (Wildman–Crippen LogP) is 4.19. The lowest BCUT2D eigenvalue weighted by molar-refractivity contribution is 0.104. The Bertz CT molecular complexity index is 761. The fourth-order valence-corrected chi connectivity index (χ4v) is 2.17. The van der Waals surface area contributed by atoms with Crippen LogP contribution in [0, 0.1) is 5.82 Å². The molecule has 0 fully saturated rings. The average molecular weight is 274 g/mol. The highest BCUT2D eigenvalue weighted by Crippen LogP contribution is 2.22. The Morgan fingerprint density at radius 1 is 1.11 bits per heavy atom. The molecule has 0 atom stereocenters. The van der Waals surface area contributed by atoms with Gasteiger partial charge in [-0.15, -0.1) is 0 Å². The number of benzene rings is 2. The zero-order valence-corrected chi connectivity index (χ0v) is 10.5. The molecule has 3 aromatic rings. The van der Waals surface area contributed by atoms with Crippen LogP contribution in [-0.2, 0) is 0 Å². The van der Waals surface area contributed by atoms with E-state index in [1.807, 2.05) is 0 Å². The van der Waals surface area contributed by atoms with Crippen molar-refractivity contribution in [3.63, 3.8) is 0 Å². The summed E-state index contributed by atoms with van der Waals surface area (Å²) in [5.74, 6) is -0.450. The van der Waals surface area contributed by atoms with Gasteiger partial charge in [0.2, 0.25) is 0 Å². The summed E-state index contributed by atoms with van der Waals surface area (Å²) in [6.07, 6.45) is 1.60. The van der Waals surface area contributed by atoms with Gasteiger partial charge in [0, 0.05) is 33.2 Å². The van der Waals surface area contributed by atoms with Crippen molar-refractivity contribution in [1.82, 2.24) is 4.98 Å². The van der Waals surface area contributed by atoms with Crippen LogP contribution in [0.2, 0.25) is 5.02 Å². The molecular formula is C15H9ClFNO. The number of hydrogen-bond donors (Lipinski definition) is 1. The highest BCUT2D eigenvalue weighted by atomic mass is 35.5. The highest BCUT2D eigenvalue weighted by Gasteiger charge is 2.14. The fourth-order valence-electron chi connectivity index (χ4n) is 2.04. The molecule has 0 saturated carbocycles. The number of carbonyl (C=O) groups is 1. The lowest BCUT2D eigenvalue weighted by atomic mass is 10.0. The Hall–Kier alpha value is -2.13. The molecule has 4 heteroatoms. The summed E-state index contributed by atoms with van der Waals surface area (Å²) >= 11 is 5.79. The first-order valence-electron chi connectivity index (χ1n) is 5.72. The van der Waals surface area contributed by atoms with Gasteiger partial charge in [-0.25, -0.2) is 4.39 Å². The number of nitrogens with one attached hydrogen (secondary N) is 1. The number of halogens is 2. The van der Waals surface area contributed by atoms with Crippen molar-refractivity contribution in [2.75, 3.05) is 0 Å². The van der Waals surface area contributed by atoms with Crippen LogP contribution in [0.1, 0.15) is 15.9 Å². The Balaban J connectivity index is 2.09. The summed E-state index contributed by atoms with van der Waals surface area (Å²) in [4.78, 5) is 15.3. The van der Waals surface area contributed by atoms with Gasteiger partial charge in [0.1, 0.15) is 5.82 Å². The molecule has 1 N–H and O–H groups in total. The molecule has 0 unspecified atom stereocenters. The van der Waals surface area contributed by atoms with Crippen LogP contribution >= 0.6 is 11.6 Å². The number of fused-ring (bicyclic) bond motifs is 1. The van der Waals surface area contributed by atoms with Crippen molar-refractivity contribution >= 4 is 28.3 Å². The SMILES string of the molecule is O=C(c1ccc(Cl)cc1)c1c[nH]c2cc(F)ccc12. The second kappa shape index (κ2) is 4.52. The number of rotatable bonds is 2. The molecule has 1 aromatic heterocycles. The molecule has 1 heterocycles. The number of aromatic amines is 1. The number of carbonyl (C=O) groups excluding carboxylic acids is 1. The van der Waals surface area contributed by atoms with E-state index in [1.165, 1.54) is 12.1 Å². The third-order valence-electron chi connectivity index (χ3n) is 2.99. The maximum atomic E-state index is 13.1. The molecular weight excluding hydrogens is 265 g/mol. The zero-order valence-electron chi connectivity index (χ0n) is 9.78. The van der Waals surface area contributed by atoms with Crippen molar-refractivity contribution in [2.24, 2.45) is 0 Å². The fraction of sp³-hybridized carbons (Fsp3) is 0. The lowest BCUT2D eigenvalue weighted by Gasteiger charge is -2.00. The number of hydrogen-bond acceptors (Lipinski definition) is 1. The summed E-state index contributed by atoms with van der Waals surface area (Å²) < 4.78 is 13.1. The average Bonchev–Trinajstić information content (AvgIpc) is 2.81. The topological polar surface area (TPSA) is 32.9 Å². The first kappa shape index (κ1) is 11.9. The lowest BCUT2D eigenvalue weighted by Crippen LogP contribution is -1.99. The highest BCUT2D eigenvalue weighted by molar-refractivity contribution is 6.30. The van der Waals surface area contributed by atoms with Gasteiger partial charge < -0.3 is 4.98 Å². The van der Waals surface area contributed by atoms with Gasteiger partial charge in [0.15, 0.2) is 5.78 Å². The molecule has 2 aromatic carbocycles. The standard InChI is InChI=1S/C15H9ClFNO/c16-10-3-1-9(2-4-10)15(19)13-8-18-14-7-11(17)5-6-12(13)14/h1-8,18H. The first-order chi connectivity index (χ1) is 9.15. The van der Waals surface area contributed by atoms with Gasteiger partial charge in [-0.2, -0.15) is 0 Å². The predicted molar refractivity (Wildman–Crippen MR) is 73.1 cm³/mol. The second-order valence-corrected chi connectivity index (χ2v) is 4.66. The first-order valence-corrected chi connectivity index (χ1v) is 6.10. The van der Waals surface area contributed by atoms with Crippen molar-refractivity contribution in [1.29, 1.82) is 0 Å². The maximum absolute atomic E-state index is 13.1. The number of ketones is 1. The Morgan fingerprint density at radius 2 is 1.84 bits per heavy atom. The van der Waals surface area contributed by atoms with Crippen LogP contribution in [0.5, 0.6) is 0 Å². The summed E-state index contributed by atoms with van der Waals surface area (Å²) in [5.41, 5.74) is 1.68. The smallest absolute Gasteiger partial charge is 0.195 e. The minimum Gasteiger partial charge on any atom is -0.360 e. The van der Waals surface area contributed by atoms with Gasteiger partial charge in [-0.05, 0) is 42.5 Å². The molecule has 0 saturated heterocycles. The van der Waals surface area contributed by atoms with E-state index in [0.717, 1.165) is 0 Å². The van der Waals surface area contributed by atoms with Crippen molar-refractivity contribution in [2.45, 2.75) is 0 Å². The van der Waals surface area contributed by atoms with Crippen molar-refractivity contribution in [3.8, 4) is 0 Å². The molecule has 0 aliphatic rings. The molecule has 0 aliphatic carbocycles. The summed E-state index contributed by atoms with van der Waals surface area (Å²) in [7, 11) is 0. The van der Waals surface area contributed by atoms with E-state index in [9.17, 15) is 9.18 Å². The molecule has 94 valence electrons. The summed E-state index contributed by atoms with van der Waals surface area (Å²) in [5, 5.41) is 1.29. The summed E-state index contributed by atoms with van der Waals surface area (Å²) in [6.45, 7) is 0. The van der Waals surface area contributed by atoms with E-state index in [2.05, 4.69) is 4.98 Å². The summed E-state index contributed by atoms with van der Waals surface area (Å²) in [6, 6.07) is 11.0. The van der Waals surface area contributed by atoms with Crippen LogP contribution < -0.4 is 0 Å². The van der Waals surface area contributed by atoms with E-state index < -0.39 is 0 Å². The molecule has 0 spiro atoms. The third kappa shape index (κ3) is 2.13. The second-order valence-electron chi connectivity index (χ2n) is 4.23. The zero-order chi connectivity index (χ0) is 13.4. The minimum absolute atomic E-state index is 0.116. The van der Waals surface area contributed by atoms with Gasteiger partial charge in [-0.3, -0.25) is 4.79 Å². The van der Waals surface area contributed by atoms with Crippen LogP contribution in [0.4, 0.5) is 4.39 Å². The molecule has 0 radical (unpaired) electrons. The Morgan fingerprint density at radius 3 is 2.58 bits per heavy atom. The van der Waals surface area contributed by atoms with E-state index >= 15 is 0 Å². The quantitative estimate of drug-likeness (QED) is 0.698. The molecule has 19 heavy (non-hydrogen) atoms. The van der Waals surface area contributed by atoms with E-state index in [1.54, 1.807) is 36.5 Å². The van der Waals surface area contributed by atoms with Gasteiger partial charge in [0.25, 0.3) is 0 Å². The molecule has 0 aliphatic heterocycles. The molecule has 2 nitrogen and oxygen atoms in total.